The van der Waals surface area contributed by atoms with E-state index >= 15 is 0 Å². The number of amides is 1. The molecule has 2 aromatic heterocycles. The zero-order chi connectivity index (χ0) is 23.0. The number of ether oxygens (including phenoxy) is 2. The van der Waals surface area contributed by atoms with Crippen LogP contribution in [0.5, 0.6) is 11.5 Å². The number of carbonyl (C=O) groups is 1. The number of benzene rings is 2. The lowest BCUT2D eigenvalue weighted by Crippen LogP contribution is -2.30. The molecule has 4 rings (SSSR count). The molecule has 0 fully saturated rings. The first-order valence-corrected chi connectivity index (χ1v) is 12.4. The van der Waals surface area contributed by atoms with Crippen molar-refractivity contribution in [2.24, 2.45) is 0 Å². The Morgan fingerprint density at radius 3 is 2.58 bits per heavy atom. The molecule has 4 aromatic rings. The first-order valence-electron chi connectivity index (χ1n) is 10.6. The van der Waals surface area contributed by atoms with E-state index in [1.165, 1.54) is 11.3 Å². The molecule has 0 N–H and O–H groups in total. The number of pyridine rings is 1. The molecule has 0 aliphatic rings. The Labute approximate surface area is 201 Å². The van der Waals surface area contributed by atoms with Crippen LogP contribution in [-0.4, -0.2) is 35.8 Å². The molecule has 0 saturated heterocycles. The van der Waals surface area contributed by atoms with Crippen molar-refractivity contribution < 1.29 is 14.3 Å². The van der Waals surface area contributed by atoms with E-state index in [2.05, 4.69) is 4.98 Å². The number of hydrogen-bond donors (Lipinski definition) is 0. The Kier molecular flexibility index (Phi) is 7.80. The minimum atomic E-state index is 0.0557. The molecule has 0 aliphatic heterocycles. The van der Waals surface area contributed by atoms with Crippen molar-refractivity contribution in [2.75, 3.05) is 24.9 Å². The first-order chi connectivity index (χ1) is 16.2. The van der Waals surface area contributed by atoms with Gasteiger partial charge in [0.2, 0.25) is 5.91 Å². The smallest absolute Gasteiger partial charge is 0.229 e. The number of thiazole rings is 1. The van der Waals surface area contributed by atoms with Gasteiger partial charge in [0.1, 0.15) is 11.5 Å². The zero-order valence-corrected chi connectivity index (χ0v) is 20.2. The van der Waals surface area contributed by atoms with Crippen molar-refractivity contribution in [1.29, 1.82) is 0 Å². The van der Waals surface area contributed by atoms with Crippen LogP contribution in [0.15, 0.2) is 71.9 Å². The number of carbonyl (C=O) groups excluding carboxylic acids is 1. The van der Waals surface area contributed by atoms with Crippen LogP contribution in [0.4, 0.5) is 5.13 Å². The summed E-state index contributed by atoms with van der Waals surface area (Å²) in [5, 5.41) is 0.690. The van der Waals surface area contributed by atoms with E-state index in [1.54, 1.807) is 43.3 Å². The van der Waals surface area contributed by atoms with Gasteiger partial charge in [-0.2, -0.15) is 0 Å². The summed E-state index contributed by atoms with van der Waals surface area (Å²) in [5.41, 5.74) is 1.80. The maximum Gasteiger partial charge on any atom is 0.229 e. The average Bonchev–Trinajstić information content (AvgIpc) is 3.29. The number of rotatable bonds is 10. The number of methoxy groups -OCH3 is 2. The predicted octanol–water partition coefficient (Wildman–Crippen LogP) is 5.81. The number of aromatic nitrogens is 2. The Hall–Kier alpha value is -3.10. The molecule has 0 aliphatic carbocycles. The largest absolute Gasteiger partial charge is 0.497 e. The van der Waals surface area contributed by atoms with Gasteiger partial charge in [0.05, 0.1) is 31.0 Å². The van der Waals surface area contributed by atoms with Gasteiger partial charge in [0.15, 0.2) is 5.13 Å². The molecule has 0 unspecified atom stereocenters. The number of fused-ring (bicyclic) bond motifs is 1. The lowest BCUT2D eigenvalue weighted by Gasteiger charge is -2.20. The van der Waals surface area contributed by atoms with Gasteiger partial charge in [0.25, 0.3) is 0 Å². The van der Waals surface area contributed by atoms with E-state index in [9.17, 15) is 4.79 Å². The Balaban J connectivity index is 1.45. The molecule has 170 valence electrons. The molecule has 2 heterocycles. The van der Waals surface area contributed by atoms with Crippen LogP contribution in [-0.2, 0) is 11.3 Å². The minimum Gasteiger partial charge on any atom is -0.497 e. The summed E-state index contributed by atoms with van der Waals surface area (Å²) < 4.78 is 11.5. The molecule has 0 radical (unpaired) electrons. The third-order valence-corrected chi connectivity index (χ3v) is 7.20. The Morgan fingerprint density at radius 2 is 1.85 bits per heavy atom. The lowest BCUT2D eigenvalue weighted by atomic mass is 10.2. The van der Waals surface area contributed by atoms with Crippen LogP contribution in [0.2, 0.25) is 0 Å². The molecule has 33 heavy (non-hydrogen) atoms. The average molecular weight is 480 g/mol. The Morgan fingerprint density at radius 1 is 1.06 bits per heavy atom. The number of hydrogen-bond acceptors (Lipinski definition) is 7. The van der Waals surface area contributed by atoms with Gasteiger partial charge < -0.3 is 9.47 Å². The van der Waals surface area contributed by atoms with Crippen LogP contribution in [0.1, 0.15) is 18.4 Å². The van der Waals surface area contributed by atoms with E-state index in [0.29, 0.717) is 18.1 Å². The van der Waals surface area contributed by atoms with Crippen LogP contribution in [0.25, 0.3) is 10.2 Å². The maximum atomic E-state index is 13.3. The summed E-state index contributed by atoms with van der Waals surface area (Å²) in [6, 6.07) is 17.6. The van der Waals surface area contributed by atoms with Gasteiger partial charge in [-0.3, -0.25) is 14.7 Å². The number of thioether (sulfide) groups is 1. The summed E-state index contributed by atoms with van der Waals surface area (Å²) in [6.07, 6.45) is 4.74. The highest BCUT2D eigenvalue weighted by molar-refractivity contribution is 7.99. The molecule has 2 aromatic carbocycles. The summed E-state index contributed by atoms with van der Waals surface area (Å²) >= 11 is 3.25. The maximum absolute atomic E-state index is 13.3. The quantitative estimate of drug-likeness (QED) is 0.211. The van der Waals surface area contributed by atoms with Crippen molar-refractivity contribution in [2.45, 2.75) is 24.3 Å². The van der Waals surface area contributed by atoms with Crippen LogP contribution in [0, 0.1) is 0 Å². The molecule has 0 atom stereocenters. The van der Waals surface area contributed by atoms with E-state index in [0.717, 1.165) is 44.3 Å². The molecule has 6 nitrogen and oxygen atoms in total. The molecular weight excluding hydrogens is 454 g/mol. The van der Waals surface area contributed by atoms with Crippen molar-refractivity contribution in [3.63, 3.8) is 0 Å². The standard InChI is InChI=1S/C25H25N3O3S2/c1-30-19-7-10-21(11-8-19)32-14-4-6-24(29)28(17-18-5-3-13-26-16-18)25-27-22-15-20(31-2)9-12-23(22)33-25/h3,5,7-13,15-16H,4,6,14,17H2,1-2H3. The van der Waals surface area contributed by atoms with Gasteiger partial charge in [-0.15, -0.1) is 11.8 Å². The van der Waals surface area contributed by atoms with Crippen molar-refractivity contribution in [1.82, 2.24) is 9.97 Å². The van der Waals surface area contributed by atoms with Crippen LogP contribution >= 0.6 is 23.1 Å². The highest BCUT2D eigenvalue weighted by atomic mass is 32.2. The third kappa shape index (κ3) is 6.03. The molecule has 0 bridgehead atoms. The van der Waals surface area contributed by atoms with E-state index in [4.69, 9.17) is 14.5 Å². The van der Waals surface area contributed by atoms with Crippen molar-refractivity contribution >= 4 is 44.4 Å². The second-order valence-corrected chi connectivity index (χ2v) is 9.48. The monoisotopic (exact) mass is 479 g/mol. The second kappa shape index (κ2) is 11.2. The Bertz CT molecular complexity index is 1200. The lowest BCUT2D eigenvalue weighted by molar-refractivity contribution is -0.118. The number of anilines is 1. The zero-order valence-electron chi connectivity index (χ0n) is 18.6. The molecular formula is C25H25N3O3S2. The van der Waals surface area contributed by atoms with E-state index < -0.39 is 0 Å². The summed E-state index contributed by atoms with van der Waals surface area (Å²) in [6.45, 7) is 0.440. The van der Waals surface area contributed by atoms with Crippen molar-refractivity contribution in [3.05, 3.63) is 72.6 Å². The summed E-state index contributed by atoms with van der Waals surface area (Å²) in [4.78, 5) is 25.1. The summed E-state index contributed by atoms with van der Waals surface area (Å²) in [5.74, 6) is 2.50. The predicted molar refractivity (Wildman–Crippen MR) is 135 cm³/mol. The van der Waals surface area contributed by atoms with E-state index in [-0.39, 0.29) is 5.91 Å². The summed E-state index contributed by atoms with van der Waals surface area (Å²) in [7, 11) is 3.30. The topological polar surface area (TPSA) is 64.5 Å². The second-order valence-electron chi connectivity index (χ2n) is 7.30. The fourth-order valence-corrected chi connectivity index (χ4v) is 5.11. The first kappa shape index (κ1) is 23.1. The fraction of sp³-hybridized carbons (Fsp3) is 0.240. The van der Waals surface area contributed by atoms with Gasteiger partial charge in [-0.25, -0.2) is 4.98 Å². The van der Waals surface area contributed by atoms with Crippen LogP contribution < -0.4 is 14.4 Å². The molecule has 1 amide bonds. The molecule has 0 saturated carbocycles. The molecule has 0 spiro atoms. The van der Waals surface area contributed by atoms with Gasteiger partial charge >= 0.3 is 0 Å². The van der Waals surface area contributed by atoms with Gasteiger partial charge in [-0.1, -0.05) is 17.4 Å². The van der Waals surface area contributed by atoms with Crippen molar-refractivity contribution in [3.8, 4) is 11.5 Å². The van der Waals surface area contributed by atoms with Gasteiger partial charge in [-0.05, 0) is 60.2 Å². The fourth-order valence-electron chi connectivity index (χ4n) is 3.29. The molecule has 8 heteroatoms. The van der Waals surface area contributed by atoms with Crippen LogP contribution in [0.3, 0.4) is 0 Å². The number of nitrogens with zero attached hydrogens (tertiary/aromatic N) is 3. The normalized spacial score (nSPS) is 10.8. The highest BCUT2D eigenvalue weighted by Gasteiger charge is 2.20. The third-order valence-electron chi connectivity index (χ3n) is 5.04. The SMILES string of the molecule is COc1ccc(SCCCC(=O)N(Cc2cccnc2)c2nc3cc(OC)ccc3s2)cc1. The van der Waals surface area contributed by atoms with Gasteiger partial charge in [0, 0.05) is 29.8 Å². The minimum absolute atomic E-state index is 0.0557. The van der Waals surface area contributed by atoms with E-state index in [1.807, 2.05) is 54.6 Å². The highest BCUT2D eigenvalue weighted by Crippen LogP contribution is 2.32.